The summed E-state index contributed by atoms with van der Waals surface area (Å²) in [6.45, 7) is 3.46. The number of ketones is 1. The number of nitrogen functional groups attached to an aromatic ring is 1. The number of amides is 1. The van der Waals surface area contributed by atoms with Crippen molar-refractivity contribution in [2.75, 3.05) is 38.6 Å². The quantitative estimate of drug-likeness (QED) is 0.208. The van der Waals surface area contributed by atoms with Gasteiger partial charge in [0.15, 0.2) is 5.78 Å². The number of morpholine rings is 1. The Bertz CT molecular complexity index is 1240. The maximum atomic E-state index is 13.1. The average Bonchev–Trinajstić information content (AvgIpc) is 2.92. The molecule has 1 heterocycles. The molecule has 0 bridgehead atoms. The third-order valence-corrected chi connectivity index (χ3v) is 6.60. The topological polar surface area (TPSA) is 93.9 Å². The molecule has 1 aliphatic rings. The highest BCUT2D eigenvalue weighted by molar-refractivity contribution is 6.33. The Hall–Kier alpha value is -3.46. The lowest BCUT2D eigenvalue weighted by atomic mass is 10.1. The minimum absolute atomic E-state index is 0.115. The lowest BCUT2D eigenvalue weighted by Gasteiger charge is -2.33. The number of nitrogens with two attached hydrogens (primary N) is 1. The molecule has 1 fully saturated rings. The molecule has 1 unspecified atom stereocenters. The normalized spacial score (nSPS) is 15.7. The van der Waals surface area contributed by atoms with Gasteiger partial charge in [-0.05, 0) is 42.3 Å². The van der Waals surface area contributed by atoms with Crippen LogP contribution in [-0.2, 0) is 11.3 Å². The molecule has 7 nitrogen and oxygen atoms in total. The number of nitrogens with one attached hydrogen (secondary N) is 1. The summed E-state index contributed by atoms with van der Waals surface area (Å²) >= 11 is 6.19. The second-order valence-electron chi connectivity index (χ2n) is 9.18. The predicted octanol–water partition coefficient (Wildman–Crippen LogP) is 4.73. The van der Waals surface area contributed by atoms with E-state index in [1.165, 1.54) is 42.0 Å². The van der Waals surface area contributed by atoms with Crippen LogP contribution in [-0.4, -0.2) is 55.5 Å². The summed E-state index contributed by atoms with van der Waals surface area (Å²) in [6.07, 6.45) is 0.476. The lowest BCUT2D eigenvalue weighted by Crippen LogP contribution is -2.47. The highest BCUT2D eigenvalue weighted by Gasteiger charge is 2.23. The van der Waals surface area contributed by atoms with E-state index in [9.17, 15) is 14.0 Å². The molecule has 0 aromatic heterocycles. The fourth-order valence-electron chi connectivity index (χ4n) is 4.25. The Morgan fingerprint density at radius 1 is 1.13 bits per heavy atom. The Balaban J connectivity index is 1.29. The lowest BCUT2D eigenvalue weighted by molar-refractivity contribution is -0.0292. The van der Waals surface area contributed by atoms with Crippen LogP contribution in [0.5, 0.6) is 5.75 Å². The Labute approximate surface area is 226 Å². The van der Waals surface area contributed by atoms with Gasteiger partial charge in [-0.15, -0.1) is 0 Å². The predicted molar refractivity (Wildman–Crippen MR) is 145 cm³/mol. The molecule has 9 heteroatoms. The van der Waals surface area contributed by atoms with Crippen molar-refractivity contribution < 1.29 is 23.5 Å². The highest BCUT2D eigenvalue weighted by atomic mass is 35.5. The minimum Gasteiger partial charge on any atom is -0.493 e. The second kappa shape index (κ2) is 13.4. The van der Waals surface area contributed by atoms with Crippen molar-refractivity contribution in [1.82, 2.24) is 10.2 Å². The van der Waals surface area contributed by atoms with Gasteiger partial charge in [-0.3, -0.25) is 14.5 Å². The van der Waals surface area contributed by atoms with E-state index in [1.807, 2.05) is 18.2 Å². The van der Waals surface area contributed by atoms with E-state index in [0.29, 0.717) is 31.7 Å². The van der Waals surface area contributed by atoms with E-state index in [-0.39, 0.29) is 52.8 Å². The summed E-state index contributed by atoms with van der Waals surface area (Å²) in [4.78, 5) is 27.7. The first-order valence-corrected chi connectivity index (χ1v) is 12.9. The van der Waals surface area contributed by atoms with Gasteiger partial charge in [-0.1, -0.05) is 41.9 Å². The van der Waals surface area contributed by atoms with Crippen molar-refractivity contribution in [2.24, 2.45) is 0 Å². The van der Waals surface area contributed by atoms with Gasteiger partial charge in [0.25, 0.3) is 5.91 Å². The van der Waals surface area contributed by atoms with Gasteiger partial charge in [0, 0.05) is 44.2 Å². The number of carbonyl (C=O) groups excluding carboxylic acids is 2. The van der Waals surface area contributed by atoms with Crippen LogP contribution in [0, 0.1) is 5.82 Å². The summed E-state index contributed by atoms with van der Waals surface area (Å²) in [5, 5.41) is 3.17. The van der Waals surface area contributed by atoms with Gasteiger partial charge >= 0.3 is 0 Å². The zero-order chi connectivity index (χ0) is 26.9. The van der Waals surface area contributed by atoms with Crippen LogP contribution >= 0.6 is 11.6 Å². The number of Topliss-reactive ketones (excluding diaryl/α,β-unsaturated/α-hetero) is 1. The molecule has 38 heavy (non-hydrogen) atoms. The van der Waals surface area contributed by atoms with Gasteiger partial charge in [0.1, 0.15) is 11.6 Å². The number of anilines is 1. The molecular formula is C29H31ClFN3O4. The number of halogens is 2. The monoisotopic (exact) mass is 539 g/mol. The minimum atomic E-state index is -0.393. The number of carbonyl (C=O) groups is 2. The Morgan fingerprint density at radius 3 is 2.66 bits per heavy atom. The third-order valence-electron chi connectivity index (χ3n) is 6.28. The fraction of sp³-hybridized carbons (Fsp3) is 0.310. The summed E-state index contributed by atoms with van der Waals surface area (Å²) in [7, 11) is 0. The second-order valence-corrected chi connectivity index (χ2v) is 9.58. The van der Waals surface area contributed by atoms with Crippen LogP contribution in [0.1, 0.15) is 39.1 Å². The van der Waals surface area contributed by atoms with Crippen LogP contribution in [0.25, 0.3) is 0 Å². The SMILES string of the molecule is Nc1cc(OCCCC(=O)c2ccc(F)cc2)c(C(=O)NCC2CN(Cc3ccccc3)CCO2)cc1Cl. The van der Waals surface area contributed by atoms with Gasteiger partial charge in [-0.25, -0.2) is 4.39 Å². The van der Waals surface area contributed by atoms with Crippen LogP contribution in [0.4, 0.5) is 10.1 Å². The zero-order valence-electron chi connectivity index (χ0n) is 21.0. The van der Waals surface area contributed by atoms with E-state index in [0.717, 1.165) is 13.1 Å². The first-order valence-electron chi connectivity index (χ1n) is 12.6. The summed E-state index contributed by atoms with van der Waals surface area (Å²) in [6, 6.07) is 18.6. The first kappa shape index (κ1) is 27.6. The number of hydrogen-bond acceptors (Lipinski definition) is 6. The zero-order valence-corrected chi connectivity index (χ0v) is 21.8. The van der Waals surface area contributed by atoms with Crippen LogP contribution in [0.3, 0.4) is 0 Å². The molecule has 0 spiro atoms. The van der Waals surface area contributed by atoms with Crippen LogP contribution in [0.15, 0.2) is 66.7 Å². The summed E-state index contributed by atoms with van der Waals surface area (Å²) < 4.78 is 24.8. The van der Waals surface area contributed by atoms with Crippen molar-refractivity contribution in [2.45, 2.75) is 25.5 Å². The van der Waals surface area contributed by atoms with Crippen LogP contribution < -0.4 is 15.8 Å². The Morgan fingerprint density at radius 2 is 1.89 bits per heavy atom. The number of benzene rings is 3. The number of nitrogens with zero attached hydrogens (tertiary/aromatic N) is 1. The standard InChI is InChI=1S/C29H31ClFN3O4/c30-25-15-24(28(16-26(25)32)38-13-4-7-27(35)21-8-10-22(31)11-9-21)29(36)33-17-23-19-34(12-14-37-23)18-20-5-2-1-3-6-20/h1-3,5-6,8-11,15-16,23H,4,7,12-14,17-19,32H2,(H,33,36). The van der Waals surface area contributed by atoms with E-state index in [4.69, 9.17) is 26.8 Å². The molecular weight excluding hydrogens is 509 g/mol. The van der Waals surface area contributed by atoms with E-state index < -0.39 is 5.82 Å². The molecule has 0 aliphatic carbocycles. The fourth-order valence-corrected chi connectivity index (χ4v) is 4.42. The maximum absolute atomic E-state index is 13.1. The molecule has 4 rings (SSSR count). The van der Waals surface area contributed by atoms with Gasteiger partial charge in [-0.2, -0.15) is 0 Å². The van der Waals surface area contributed by atoms with E-state index in [1.54, 1.807) is 0 Å². The third kappa shape index (κ3) is 7.77. The maximum Gasteiger partial charge on any atom is 0.255 e. The van der Waals surface area contributed by atoms with Gasteiger partial charge < -0.3 is 20.5 Å². The molecule has 3 aromatic carbocycles. The molecule has 1 amide bonds. The molecule has 1 atom stereocenters. The van der Waals surface area contributed by atoms with Gasteiger partial charge in [0.05, 0.1) is 35.6 Å². The number of hydrogen-bond donors (Lipinski definition) is 2. The first-order chi connectivity index (χ1) is 18.4. The molecule has 1 saturated heterocycles. The highest BCUT2D eigenvalue weighted by Crippen LogP contribution is 2.29. The largest absolute Gasteiger partial charge is 0.493 e. The van der Waals surface area contributed by atoms with Crippen molar-refractivity contribution in [3.05, 3.63) is 94.3 Å². The smallest absolute Gasteiger partial charge is 0.255 e. The molecule has 3 aromatic rings. The van der Waals surface area contributed by atoms with E-state index in [2.05, 4.69) is 22.3 Å². The van der Waals surface area contributed by atoms with E-state index >= 15 is 0 Å². The van der Waals surface area contributed by atoms with Crippen molar-refractivity contribution in [3.63, 3.8) is 0 Å². The van der Waals surface area contributed by atoms with Crippen molar-refractivity contribution >= 4 is 29.0 Å². The van der Waals surface area contributed by atoms with Crippen LogP contribution in [0.2, 0.25) is 5.02 Å². The average molecular weight is 540 g/mol. The summed E-state index contributed by atoms with van der Waals surface area (Å²) in [5.41, 5.74) is 8.16. The Kier molecular flexibility index (Phi) is 9.70. The molecule has 0 saturated carbocycles. The van der Waals surface area contributed by atoms with Crippen molar-refractivity contribution in [3.8, 4) is 5.75 Å². The molecule has 0 radical (unpaired) electrons. The molecule has 3 N–H and O–H groups in total. The molecule has 1 aliphatic heterocycles. The summed E-state index contributed by atoms with van der Waals surface area (Å²) in [5.74, 6) is -0.575. The molecule has 200 valence electrons. The van der Waals surface area contributed by atoms with Gasteiger partial charge in [0.2, 0.25) is 0 Å². The number of ether oxygens (including phenoxy) is 2. The van der Waals surface area contributed by atoms with Crippen molar-refractivity contribution in [1.29, 1.82) is 0 Å². The number of rotatable bonds is 11.